The van der Waals surface area contributed by atoms with Gasteiger partial charge < -0.3 is 4.74 Å². The van der Waals surface area contributed by atoms with Gasteiger partial charge in [-0.15, -0.1) is 0 Å². The van der Waals surface area contributed by atoms with E-state index in [9.17, 15) is 0 Å². The Kier molecular flexibility index (Phi) is 3.52. The van der Waals surface area contributed by atoms with E-state index in [-0.39, 0.29) is 0 Å². The first-order valence-electron chi connectivity index (χ1n) is 6.39. The molecule has 1 saturated carbocycles. The summed E-state index contributed by atoms with van der Waals surface area (Å²) in [5, 5.41) is 0. The van der Waals surface area contributed by atoms with Crippen molar-refractivity contribution in [3.8, 4) is 5.75 Å². The molecular formula is C15H22O. The van der Waals surface area contributed by atoms with Gasteiger partial charge in [0.2, 0.25) is 0 Å². The molecule has 0 spiro atoms. The van der Waals surface area contributed by atoms with Gasteiger partial charge in [-0.1, -0.05) is 32.0 Å². The monoisotopic (exact) mass is 218 g/mol. The zero-order chi connectivity index (χ0) is 11.5. The molecular weight excluding hydrogens is 196 g/mol. The van der Waals surface area contributed by atoms with Gasteiger partial charge in [-0.2, -0.15) is 0 Å². The van der Waals surface area contributed by atoms with Crippen molar-refractivity contribution in [2.45, 2.75) is 46.1 Å². The molecule has 0 aromatic heterocycles. The molecule has 16 heavy (non-hydrogen) atoms. The highest BCUT2D eigenvalue weighted by molar-refractivity contribution is 5.31. The summed E-state index contributed by atoms with van der Waals surface area (Å²) in [6, 6.07) is 8.31. The van der Waals surface area contributed by atoms with Crippen LogP contribution < -0.4 is 4.74 Å². The SMILES string of the molecule is Cc1ccccc1OC1CCC(C)C(C)C1. The number of benzene rings is 1. The third kappa shape index (κ3) is 2.58. The lowest BCUT2D eigenvalue weighted by atomic mass is 9.80. The van der Waals surface area contributed by atoms with Crippen LogP contribution in [0, 0.1) is 18.8 Å². The second-order valence-electron chi connectivity index (χ2n) is 5.27. The van der Waals surface area contributed by atoms with Gasteiger partial charge in [0.05, 0.1) is 6.10 Å². The van der Waals surface area contributed by atoms with Crippen LogP contribution in [0.15, 0.2) is 24.3 Å². The van der Waals surface area contributed by atoms with Crippen LogP contribution in [-0.2, 0) is 0 Å². The number of aryl methyl sites for hydroxylation is 1. The molecule has 1 fully saturated rings. The Bertz CT molecular complexity index is 345. The summed E-state index contributed by atoms with van der Waals surface area (Å²) in [5.41, 5.74) is 1.24. The van der Waals surface area contributed by atoms with Gasteiger partial charge in [-0.25, -0.2) is 0 Å². The normalized spacial score (nSPS) is 30.1. The van der Waals surface area contributed by atoms with Gasteiger partial charge in [-0.3, -0.25) is 0 Å². The fourth-order valence-corrected chi connectivity index (χ4v) is 2.47. The van der Waals surface area contributed by atoms with Gasteiger partial charge in [0.25, 0.3) is 0 Å². The van der Waals surface area contributed by atoms with Crippen molar-refractivity contribution in [1.82, 2.24) is 0 Å². The fraction of sp³-hybridized carbons (Fsp3) is 0.600. The average Bonchev–Trinajstić information content (AvgIpc) is 2.27. The summed E-state index contributed by atoms with van der Waals surface area (Å²) in [6.07, 6.45) is 4.14. The van der Waals surface area contributed by atoms with Crippen molar-refractivity contribution in [2.75, 3.05) is 0 Å². The molecule has 88 valence electrons. The molecule has 1 nitrogen and oxygen atoms in total. The smallest absolute Gasteiger partial charge is 0.122 e. The van der Waals surface area contributed by atoms with Gasteiger partial charge in [0.1, 0.15) is 5.75 Å². The van der Waals surface area contributed by atoms with Gasteiger partial charge >= 0.3 is 0 Å². The van der Waals surface area contributed by atoms with Crippen LogP contribution in [0.5, 0.6) is 5.75 Å². The van der Waals surface area contributed by atoms with Gasteiger partial charge in [0.15, 0.2) is 0 Å². The van der Waals surface area contributed by atoms with E-state index < -0.39 is 0 Å². The van der Waals surface area contributed by atoms with Crippen LogP contribution in [0.2, 0.25) is 0 Å². The molecule has 1 aromatic rings. The van der Waals surface area contributed by atoms with Crippen molar-refractivity contribution in [3.05, 3.63) is 29.8 Å². The topological polar surface area (TPSA) is 9.23 Å². The average molecular weight is 218 g/mol. The second-order valence-corrected chi connectivity index (χ2v) is 5.27. The molecule has 3 atom stereocenters. The molecule has 0 amide bonds. The predicted molar refractivity (Wildman–Crippen MR) is 67.8 cm³/mol. The molecule has 0 aliphatic heterocycles. The van der Waals surface area contributed by atoms with E-state index in [1.807, 2.05) is 0 Å². The highest BCUT2D eigenvalue weighted by atomic mass is 16.5. The lowest BCUT2D eigenvalue weighted by Gasteiger charge is -2.32. The Labute approximate surface area is 98.8 Å². The molecule has 0 bridgehead atoms. The zero-order valence-electron chi connectivity index (χ0n) is 10.6. The molecule has 1 aliphatic carbocycles. The summed E-state index contributed by atoms with van der Waals surface area (Å²) in [7, 11) is 0. The van der Waals surface area contributed by atoms with Crippen molar-refractivity contribution in [3.63, 3.8) is 0 Å². The standard InChI is InChI=1S/C15H22O/c1-11-8-9-14(10-13(11)3)16-15-7-5-4-6-12(15)2/h4-7,11,13-14H,8-10H2,1-3H3. The number of hydrogen-bond acceptors (Lipinski definition) is 1. The second kappa shape index (κ2) is 4.90. The minimum atomic E-state index is 0.423. The zero-order valence-corrected chi connectivity index (χ0v) is 10.6. The molecule has 0 heterocycles. The lowest BCUT2D eigenvalue weighted by Crippen LogP contribution is -2.28. The van der Waals surface area contributed by atoms with Crippen molar-refractivity contribution >= 4 is 0 Å². The summed E-state index contributed by atoms with van der Waals surface area (Å²) >= 11 is 0. The van der Waals surface area contributed by atoms with Crippen molar-refractivity contribution in [1.29, 1.82) is 0 Å². The van der Waals surface area contributed by atoms with Crippen LogP contribution in [0.1, 0.15) is 38.7 Å². The predicted octanol–water partition coefficient (Wildman–Crippen LogP) is 4.20. The Morgan fingerprint density at radius 3 is 2.50 bits per heavy atom. The molecule has 1 aromatic carbocycles. The lowest BCUT2D eigenvalue weighted by molar-refractivity contribution is 0.1000. The summed E-state index contributed by atoms with van der Waals surface area (Å²) < 4.78 is 6.10. The van der Waals surface area contributed by atoms with E-state index >= 15 is 0 Å². The first-order chi connectivity index (χ1) is 7.66. The van der Waals surface area contributed by atoms with Crippen LogP contribution in [-0.4, -0.2) is 6.10 Å². The minimum absolute atomic E-state index is 0.423. The largest absolute Gasteiger partial charge is 0.490 e. The summed E-state index contributed by atoms with van der Waals surface area (Å²) in [4.78, 5) is 0. The van der Waals surface area contributed by atoms with E-state index in [1.165, 1.54) is 24.8 Å². The molecule has 1 aliphatic rings. The highest BCUT2D eigenvalue weighted by Gasteiger charge is 2.25. The number of para-hydroxylation sites is 1. The number of hydrogen-bond donors (Lipinski definition) is 0. The third-order valence-corrected chi connectivity index (χ3v) is 3.94. The van der Waals surface area contributed by atoms with E-state index in [2.05, 4.69) is 45.0 Å². The maximum Gasteiger partial charge on any atom is 0.122 e. The quantitative estimate of drug-likeness (QED) is 0.723. The number of rotatable bonds is 2. The van der Waals surface area contributed by atoms with Crippen molar-refractivity contribution < 1.29 is 4.74 Å². The maximum absolute atomic E-state index is 6.10. The molecule has 3 unspecified atom stereocenters. The summed E-state index contributed by atoms with van der Waals surface area (Å²) in [6.45, 7) is 6.82. The molecule has 0 N–H and O–H groups in total. The molecule has 0 saturated heterocycles. The Balaban J connectivity index is 1.98. The van der Waals surface area contributed by atoms with Crippen LogP contribution in [0.4, 0.5) is 0 Å². The highest BCUT2D eigenvalue weighted by Crippen LogP contribution is 2.32. The van der Waals surface area contributed by atoms with Crippen LogP contribution in [0.25, 0.3) is 0 Å². The van der Waals surface area contributed by atoms with Gasteiger partial charge in [0, 0.05) is 0 Å². The van der Waals surface area contributed by atoms with Crippen LogP contribution >= 0.6 is 0 Å². The van der Waals surface area contributed by atoms with E-state index in [1.54, 1.807) is 0 Å². The summed E-state index contributed by atoms with van der Waals surface area (Å²) in [5.74, 6) is 2.72. The van der Waals surface area contributed by atoms with Crippen molar-refractivity contribution in [2.24, 2.45) is 11.8 Å². The van der Waals surface area contributed by atoms with E-state index in [0.29, 0.717) is 6.10 Å². The Morgan fingerprint density at radius 1 is 1.06 bits per heavy atom. The number of ether oxygens (including phenoxy) is 1. The first kappa shape index (κ1) is 11.5. The Hall–Kier alpha value is -0.980. The van der Waals surface area contributed by atoms with Crippen LogP contribution in [0.3, 0.4) is 0 Å². The molecule has 0 radical (unpaired) electrons. The van der Waals surface area contributed by atoms with Gasteiger partial charge in [-0.05, 0) is 49.7 Å². The molecule has 2 rings (SSSR count). The van der Waals surface area contributed by atoms with E-state index in [0.717, 1.165) is 17.6 Å². The maximum atomic E-state index is 6.10. The van der Waals surface area contributed by atoms with E-state index in [4.69, 9.17) is 4.74 Å². The fourth-order valence-electron chi connectivity index (χ4n) is 2.47. The third-order valence-electron chi connectivity index (χ3n) is 3.94. The minimum Gasteiger partial charge on any atom is -0.490 e. The first-order valence-corrected chi connectivity index (χ1v) is 6.39. The Morgan fingerprint density at radius 2 is 1.81 bits per heavy atom. The molecule has 1 heteroatoms.